The monoisotopic (exact) mass is 204 g/mol. The second-order valence-corrected chi connectivity index (χ2v) is 4.14. The molecule has 0 N–H and O–H groups in total. The average molecular weight is 204 g/mol. The second kappa shape index (κ2) is 3.57. The van der Waals surface area contributed by atoms with E-state index in [-0.39, 0.29) is 0 Å². The van der Waals surface area contributed by atoms with Gasteiger partial charge in [0.2, 0.25) is 0 Å². The molecule has 0 saturated carbocycles. The van der Waals surface area contributed by atoms with Gasteiger partial charge in [-0.2, -0.15) is 0 Å². The SMILES string of the molecule is Cc1cc2c(cc1C)OC(N(C)C)=NC2. The van der Waals surface area contributed by atoms with Crippen molar-refractivity contribution in [1.82, 2.24) is 4.90 Å². The van der Waals surface area contributed by atoms with E-state index in [1.807, 2.05) is 19.0 Å². The van der Waals surface area contributed by atoms with Gasteiger partial charge in [-0.3, -0.25) is 0 Å². The molecule has 1 aromatic carbocycles. The van der Waals surface area contributed by atoms with Crippen LogP contribution in [0.25, 0.3) is 0 Å². The van der Waals surface area contributed by atoms with Crippen molar-refractivity contribution in [2.75, 3.05) is 14.1 Å². The van der Waals surface area contributed by atoms with Crippen LogP contribution >= 0.6 is 0 Å². The minimum Gasteiger partial charge on any atom is -0.426 e. The van der Waals surface area contributed by atoms with E-state index in [4.69, 9.17) is 4.74 Å². The number of ether oxygens (including phenoxy) is 1. The van der Waals surface area contributed by atoms with Crippen molar-refractivity contribution < 1.29 is 4.74 Å². The Morgan fingerprint density at radius 1 is 1.20 bits per heavy atom. The molecule has 0 aliphatic carbocycles. The first-order valence-corrected chi connectivity index (χ1v) is 5.07. The van der Waals surface area contributed by atoms with E-state index < -0.39 is 0 Å². The summed E-state index contributed by atoms with van der Waals surface area (Å²) in [6, 6.07) is 4.93. The first-order chi connectivity index (χ1) is 7.08. The maximum atomic E-state index is 5.71. The lowest BCUT2D eigenvalue weighted by Crippen LogP contribution is -2.30. The Hall–Kier alpha value is -1.51. The standard InChI is InChI=1S/C12H16N2O/c1-8-5-10-7-13-12(14(3)4)15-11(10)6-9(8)2/h5-6H,7H2,1-4H3. The number of fused-ring (bicyclic) bond motifs is 1. The minimum absolute atomic E-state index is 0.686. The molecule has 0 bridgehead atoms. The number of aryl methyl sites for hydroxylation is 2. The summed E-state index contributed by atoms with van der Waals surface area (Å²) in [5, 5.41) is 0. The first-order valence-electron chi connectivity index (χ1n) is 5.07. The molecular weight excluding hydrogens is 188 g/mol. The van der Waals surface area contributed by atoms with Gasteiger partial charge < -0.3 is 9.64 Å². The summed E-state index contributed by atoms with van der Waals surface area (Å²) in [5.41, 5.74) is 3.72. The number of aliphatic imine (C=N–C) groups is 1. The van der Waals surface area contributed by atoms with Crippen LogP contribution in [-0.4, -0.2) is 25.0 Å². The van der Waals surface area contributed by atoms with Crippen molar-refractivity contribution in [3.05, 3.63) is 28.8 Å². The molecule has 0 unspecified atom stereocenters. The van der Waals surface area contributed by atoms with Gasteiger partial charge in [0.05, 0.1) is 6.54 Å². The number of nitrogens with zero attached hydrogens (tertiary/aromatic N) is 2. The van der Waals surface area contributed by atoms with Gasteiger partial charge >= 0.3 is 0 Å². The Kier molecular flexibility index (Phi) is 2.39. The van der Waals surface area contributed by atoms with E-state index in [9.17, 15) is 0 Å². The van der Waals surface area contributed by atoms with Crippen LogP contribution in [0.4, 0.5) is 0 Å². The lowest BCUT2D eigenvalue weighted by Gasteiger charge is -2.22. The number of benzene rings is 1. The molecule has 3 heteroatoms. The highest BCUT2D eigenvalue weighted by molar-refractivity contribution is 5.77. The fourth-order valence-electron chi connectivity index (χ4n) is 1.58. The third kappa shape index (κ3) is 1.82. The summed E-state index contributed by atoms with van der Waals surface area (Å²) in [6.45, 7) is 4.92. The predicted octanol–water partition coefficient (Wildman–Crippen LogP) is 2.11. The van der Waals surface area contributed by atoms with Crippen molar-refractivity contribution in [3.63, 3.8) is 0 Å². The van der Waals surface area contributed by atoms with Crippen molar-refractivity contribution in [1.29, 1.82) is 0 Å². The Balaban J connectivity index is 2.36. The number of hydrogen-bond acceptors (Lipinski definition) is 3. The van der Waals surface area contributed by atoms with E-state index in [2.05, 4.69) is 31.0 Å². The van der Waals surface area contributed by atoms with Gasteiger partial charge in [-0.05, 0) is 31.0 Å². The summed E-state index contributed by atoms with van der Waals surface area (Å²) < 4.78 is 5.71. The summed E-state index contributed by atoms with van der Waals surface area (Å²) >= 11 is 0. The Bertz CT molecular complexity index is 422. The molecular formula is C12H16N2O. The van der Waals surface area contributed by atoms with Crippen LogP contribution in [0.3, 0.4) is 0 Å². The van der Waals surface area contributed by atoms with E-state index in [1.165, 1.54) is 16.7 Å². The normalized spacial score (nSPS) is 14.0. The maximum Gasteiger partial charge on any atom is 0.292 e. The minimum atomic E-state index is 0.686. The highest BCUT2D eigenvalue weighted by atomic mass is 16.5. The molecule has 1 aromatic rings. The molecule has 1 aliphatic rings. The van der Waals surface area contributed by atoms with E-state index in [0.29, 0.717) is 12.6 Å². The molecule has 0 amide bonds. The Morgan fingerprint density at radius 3 is 2.53 bits per heavy atom. The predicted molar refractivity (Wildman–Crippen MR) is 61.4 cm³/mol. The van der Waals surface area contributed by atoms with Gasteiger partial charge in [0.1, 0.15) is 5.75 Å². The summed E-state index contributed by atoms with van der Waals surface area (Å²) in [4.78, 5) is 6.25. The molecule has 0 spiro atoms. The molecule has 1 heterocycles. The summed E-state index contributed by atoms with van der Waals surface area (Å²) in [6.07, 6.45) is 0. The van der Waals surface area contributed by atoms with Crippen molar-refractivity contribution in [2.45, 2.75) is 20.4 Å². The second-order valence-electron chi connectivity index (χ2n) is 4.14. The van der Waals surface area contributed by atoms with Gasteiger partial charge in [0.15, 0.2) is 0 Å². The van der Waals surface area contributed by atoms with E-state index >= 15 is 0 Å². The van der Waals surface area contributed by atoms with Crippen molar-refractivity contribution in [3.8, 4) is 5.75 Å². The van der Waals surface area contributed by atoms with Crippen molar-refractivity contribution >= 4 is 6.02 Å². The lowest BCUT2D eigenvalue weighted by molar-refractivity contribution is 0.413. The fourth-order valence-corrected chi connectivity index (χ4v) is 1.58. The third-order valence-electron chi connectivity index (χ3n) is 2.65. The molecule has 2 rings (SSSR count). The van der Waals surface area contributed by atoms with Gasteiger partial charge in [-0.15, -0.1) is 0 Å². The third-order valence-corrected chi connectivity index (χ3v) is 2.65. The van der Waals surface area contributed by atoms with Crippen LogP contribution in [0.5, 0.6) is 5.75 Å². The summed E-state index contributed by atoms with van der Waals surface area (Å²) in [7, 11) is 3.87. The van der Waals surface area contributed by atoms with Crippen LogP contribution in [0.15, 0.2) is 17.1 Å². The van der Waals surface area contributed by atoms with E-state index in [0.717, 1.165) is 5.75 Å². The highest BCUT2D eigenvalue weighted by Crippen LogP contribution is 2.27. The zero-order valence-electron chi connectivity index (χ0n) is 9.66. The summed E-state index contributed by atoms with van der Waals surface area (Å²) in [5.74, 6) is 0.941. The topological polar surface area (TPSA) is 24.8 Å². The molecule has 0 atom stereocenters. The molecule has 0 fully saturated rings. The van der Waals surface area contributed by atoms with Crippen LogP contribution in [-0.2, 0) is 6.54 Å². The van der Waals surface area contributed by atoms with E-state index in [1.54, 1.807) is 0 Å². The molecule has 15 heavy (non-hydrogen) atoms. The van der Waals surface area contributed by atoms with Crippen LogP contribution in [0, 0.1) is 13.8 Å². The largest absolute Gasteiger partial charge is 0.426 e. The Labute approximate surface area is 90.4 Å². The number of amidine groups is 1. The number of hydrogen-bond donors (Lipinski definition) is 0. The van der Waals surface area contributed by atoms with Crippen LogP contribution in [0.2, 0.25) is 0 Å². The molecule has 0 radical (unpaired) electrons. The molecule has 80 valence electrons. The van der Waals surface area contributed by atoms with Crippen LogP contribution in [0.1, 0.15) is 16.7 Å². The van der Waals surface area contributed by atoms with Crippen molar-refractivity contribution in [2.24, 2.45) is 4.99 Å². The number of rotatable bonds is 0. The molecule has 0 saturated heterocycles. The smallest absolute Gasteiger partial charge is 0.292 e. The molecule has 0 aromatic heterocycles. The fraction of sp³-hybridized carbons (Fsp3) is 0.417. The van der Waals surface area contributed by atoms with Gasteiger partial charge in [-0.1, -0.05) is 6.07 Å². The first kappa shape index (κ1) is 10.0. The van der Waals surface area contributed by atoms with Gasteiger partial charge in [0.25, 0.3) is 6.02 Å². The zero-order valence-corrected chi connectivity index (χ0v) is 9.66. The highest BCUT2D eigenvalue weighted by Gasteiger charge is 2.15. The lowest BCUT2D eigenvalue weighted by atomic mass is 10.0. The average Bonchev–Trinajstić information content (AvgIpc) is 2.19. The molecule has 1 aliphatic heterocycles. The quantitative estimate of drug-likeness (QED) is 0.646. The maximum absolute atomic E-state index is 5.71. The van der Waals surface area contributed by atoms with Gasteiger partial charge in [-0.25, -0.2) is 4.99 Å². The Morgan fingerprint density at radius 2 is 1.87 bits per heavy atom. The van der Waals surface area contributed by atoms with Gasteiger partial charge in [0, 0.05) is 19.7 Å². The van der Waals surface area contributed by atoms with Crippen LogP contribution < -0.4 is 4.74 Å². The molecule has 3 nitrogen and oxygen atoms in total. The zero-order chi connectivity index (χ0) is 11.0.